The summed E-state index contributed by atoms with van der Waals surface area (Å²) < 4.78 is 45.7. The van der Waals surface area contributed by atoms with Crippen LogP contribution in [0, 0.1) is 106 Å². The van der Waals surface area contributed by atoms with Crippen LogP contribution in [0.1, 0.15) is 349 Å². The van der Waals surface area contributed by atoms with E-state index in [2.05, 4.69) is 27.7 Å². The van der Waals surface area contributed by atoms with Gasteiger partial charge in [0.1, 0.15) is 34.6 Å². The van der Waals surface area contributed by atoms with Gasteiger partial charge in [-0.1, -0.05) is 115 Å². The van der Waals surface area contributed by atoms with Gasteiger partial charge in [0.25, 0.3) is 0 Å². The molecule has 102 heavy (non-hydrogen) atoms. The van der Waals surface area contributed by atoms with E-state index in [-0.39, 0.29) is 191 Å². The van der Waals surface area contributed by atoms with Crippen LogP contribution in [0.25, 0.3) is 0 Å². The fourth-order valence-electron chi connectivity index (χ4n) is 20.2. The van der Waals surface area contributed by atoms with Crippen LogP contribution >= 0.6 is 0 Å². The SMILES string of the molecule is C.C.C.C.C.C.C.C.CCC(C)(C)C(=O)OCC(=O)OC1(C)C2CC3CC(C2)CC1C3.CCC(C)(C)C(=O)OCC(=O)OC1(CC)C2CC3CC(C2)CC1C3.CCC(C)C(=O)OC1CC2CC(C(=O)OC3(C)CCCC3)C1C2.CCC(C)C(=O)OC1CC2CC(C(=O)OC3(CC)CCCC3)C1C2. The maximum atomic E-state index is 12.8. The Kier molecular flexibility index (Phi) is 37.1. The lowest BCUT2D eigenvalue weighted by Gasteiger charge is -2.60. The summed E-state index contributed by atoms with van der Waals surface area (Å²) in [5.41, 5.74) is -2.24. The summed E-state index contributed by atoms with van der Waals surface area (Å²) >= 11 is 0. The first-order valence-electron chi connectivity index (χ1n) is 38.1. The highest BCUT2D eigenvalue weighted by Crippen LogP contribution is 2.62. The molecule has 14 aliphatic rings. The van der Waals surface area contributed by atoms with Crippen molar-refractivity contribution in [3.8, 4) is 0 Å². The minimum Gasteiger partial charge on any atom is -0.462 e. The molecule has 14 aliphatic carbocycles. The molecule has 14 saturated carbocycles. The molecule has 10 unspecified atom stereocenters. The molecule has 0 aromatic rings. The lowest BCUT2D eigenvalue weighted by atomic mass is 9.49. The topological polar surface area (TPSA) is 210 Å². The second kappa shape index (κ2) is 39.6. The largest absolute Gasteiger partial charge is 0.462 e. The van der Waals surface area contributed by atoms with Crippen molar-refractivity contribution < 1.29 is 76.3 Å². The molecule has 0 aliphatic heterocycles. The lowest BCUT2D eigenvalue weighted by molar-refractivity contribution is -0.214. The summed E-state index contributed by atoms with van der Waals surface area (Å²) in [7, 11) is 0. The number of hydrogen-bond donors (Lipinski definition) is 0. The zero-order chi connectivity index (χ0) is 68.3. The molecule has 0 spiro atoms. The maximum absolute atomic E-state index is 12.8. The third-order valence-electron chi connectivity index (χ3n) is 27.1. The summed E-state index contributed by atoms with van der Waals surface area (Å²) in [6.07, 6.45) is 31.2. The monoisotopic (exact) mass is 1450 g/mol. The average Bonchev–Trinajstić information content (AvgIpc) is 1.14. The molecule has 596 valence electrons. The van der Waals surface area contributed by atoms with Gasteiger partial charge in [0.15, 0.2) is 13.2 Å². The summed E-state index contributed by atoms with van der Waals surface area (Å²) in [4.78, 5) is 98.4. The zero-order valence-electron chi connectivity index (χ0n) is 60.6. The predicted octanol–water partition coefficient (Wildman–Crippen LogP) is 21.0. The minimum absolute atomic E-state index is 0. The van der Waals surface area contributed by atoms with Crippen molar-refractivity contribution in [1.82, 2.24) is 0 Å². The molecular weight excluding hydrogens is 1290 g/mol. The first-order valence-corrected chi connectivity index (χ1v) is 38.1. The molecule has 0 amide bonds. The highest BCUT2D eigenvalue weighted by atomic mass is 16.6. The van der Waals surface area contributed by atoms with Crippen molar-refractivity contribution in [2.75, 3.05) is 13.2 Å². The number of hydrogen-bond acceptors (Lipinski definition) is 16. The number of carbonyl (C=O) groups excluding carboxylic acids is 8. The van der Waals surface area contributed by atoms with E-state index in [1.807, 2.05) is 69.2 Å². The molecule has 14 rings (SSSR count). The molecule has 0 heterocycles. The Balaban J connectivity index is 0.000000663. The van der Waals surface area contributed by atoms with Crippen LogP contribution in [0.2, 0.25) is 0 Å². The van der Waals surface area contributed by atoms with E-state index >= 15 is 0 Å². The Morgan fingerprint density at radius 2 is 0.745 bits per heavy atom. The van der Waals surface area contributed by atoms with Gasteiger partial charge < -0.3 is 37.9 Å². The van der Waals surface area contributed by atoms with Gasteiger partial charge in [-0.2, -0.15) is 0 Å². The van der Waals surface area contributed by atoms with E-state index in [1.54, 1.807) is 0 Å². The number of carbonyl (C=O) groups is 8. The van der Waals surface area contributed by atoms with Gasteiger partial charge in [-0.3, -0.25) is 28.8 Å². The van der Waals surface area contributed by atoms with E-state index < -0.39 is 10.8 Å². The van der Waals surface area contributed by atoms with Gasteiger partial charge >= 0.3 is 47.8 Å². The van der Waals surface area contributed by atoms with E-state index in [4.69, 9.17) is 37.9 Å². The van der Waals surface area contributed by atoms with Gasteiger partial charge in [-0.15, -0.1) is 0 Å². The summed E-state index contributed by atoms with van der Waals surface area (Å²) in [5, 5.41) is 0. The average molecular weight is 1450 g/mol. The van der Waals surface area contributed by atoms with Crippen molar-refractivity contribution >= 4 is 47.8 Å². The fraction of sp³-hybridized carbons (Fsp3) is 0.907. The first kappa shape index (κ1) is 95.8. The third kappa shape index (κ3) is 21.5. The van der Waals surface area contributed by atoms with E-state index in [9.17, 15) is 38.4 Å². The first-order chi connectivity index (χ1) is 44.4. The van der Waals surface area contributed by atoms with Crippen LogP contribution in [0.5, 0.6) is 0 Å². The van der Waals surface area contributed by atoms with Crippen LogP contribution in [0.15, 0.2) is 0 Å². The van der Waals surface area contributed by atoms with Gasteiger partial charge in [0.05, 0.1) is 34.5 Å². The van der Waals surface area contributed by atoms with Crippen molar-refractivity contribution in [3.05, 3.63) is 0 Å². The van der Waals surface area contributed by atoms with Gasteiger partial charge in [-0.05, 0) is 293 Å². The smallest absolute Gasteiger partial charge is 0.344 e. The van der Waals surface area contributed by atoms with Gasteiger partial charge in [-0.25, -0.2) is 9.59 Å². The molecular formula is C86H156O16. The number of esters is 8. The zero-order valence-corrected chi connectivity index (χ0v) is 60.6. The number of rotatable bonds is 22. The summed E-state index contributed by atoms with van der Waals surface area (Å²) in [5.74, 6) is 4.77. The predicted molar refractivity (Wildman–Crippen MR) is 409 cm³/mol. The second-order valence-electron chi connectivity index (χ2n) is 34.2. The van der Waals surface area contributed by atoms with Crippen molar-refractivity contribution in [3.63, 3.8) is 0 Å². The van der Waals surface area contributed by atoms with Crippen LogP contribution in [-0.4, -0.2) is 95.6 Å². The Hall–Kier alpha value is -4.24. The Morgan fingerprint density at radius 1 is 0.402 bits per heavy atom. The molecule has 0 aromatic heterocycles. The molecule has 0 radical (unpaired) electrons. The van der Waals surface area contributed by atoms with Crippen molar-refractivity contribution in [2.45, 2.75) is 384 Å². The molecule has 14 fully saturated rings. The normalized spacial score (nSPS) is 33.8. The van der Waals surface area contributed by atoms with E-state index in [0.717, 1.165) is 139 Å². The standard InChI is InChI=1S/2C20H32O4.2C19H30O4.8CH4/c1-5-19(3,4)18(22)23-12-17(21)24-20(6-2)15-8-13-7-14(10-15)11-16(20)9-13;1-4-13(3)18(21)23-17-12-14-10-15(17)16(11-14)19(22)24-20(5-2)8-6-7-9-20;1-5-18(2,3)17(21)22-11-16(20)23-19(4)14-7-12-6-13(9-14)10-15(19)8-12;1-4-12(2)17(20)22-16-11-13-9-14(16)15(10-13)18(21)23-19(3)7-5-6-8-19;;;;;;;;/h13-16H,5-12H2,1-4H3;13-17H,4-12H2,1-3H3;12-15H,5-11H2,1-4H3;12-16H,4-11H2,1-3H3;8*1H4. The van der Waals surface area contributed by atoms with Crippen LogP contribution in [0.4, 0.5) is 0 Å². The molecule has 0 saturated heterocycles. The van der Waals surface area contributed by atoms with Crippen molar-refractivity contribution in [1.29, 1.82) is 0 Å². The molecule has 16 nitrogen and oxygen atoms in total. The molecule has 12 bridgehead atoms. The lowest BCUT2D eigenvalue weighted by Crippen LogP contribution is -2.59. The second-order valence-corrected chi connectivity index (χ2v) is 34.2. The Bertz CT molecular complexity index is 2610. The van der Waals surface area contributed by atoms with Crippen molar-refractivity contribution in [2.24, 2.45) is 106 Å². The number of ether oxygens (including phenoxy) is 8. The quantitative estimate of drug-likeness (QED) is 0.0729. The fourth-order valence-corrected chi connectivity index (χ4v) is 20.2. The Morgan fingerprint density at radius 3 is 1.09 bits per heavy atom. The van der Waals surface area contributed by atoms with E-state index in [0.29, 0.717) is 48.3 Å². The van der Waals surface area contributed by atoms with Crippen LogP contribution in [-0.2, 0) is 76.3 Å². The van der Waals surface area contributed by atoms with Gasteiger partial charge in [0, 0.05) is 11.8 Å². The Labute approximate surface area is 623 Å². The van der Waals surface area contributed by atoms with Crippen LogP contribution < -0.4 is 0 Å². The third-order valence-corrected chi connectivity index (χ3v) is 27.1. The highest BCUT2D eigenvalue weighted by molar-refractivity contribution is 5.81. The number of fused-ring (bicyclic) bond motifs is 4. The minimum atomic E-state index is -0.550. The van der Waals surface area contributed by atoms with Crippen LogP contribution in [0.3, 0.4) is 0 Å². The maximum Gasteiger partial charge on any atom is 0.344 e. The molecule has 16 heteroatoms. The van der Waals surface area contributed by atoms with E-state index in [1.165, 1.54) is 64.2 Å². The highest BCUT2D eigenvalue weighted by Gasteiger charge is 2.60. The molecule has 10 atom stereocenters. The summed E-state index contributed by atoms with van der Waals surface area (Å²) in [6, 6.07) is 0. The van der Waals surface area contributed by atoms with Gasteiger partial charge in [0.2, 0.25) is 0 Å². The molecule has 0 aromatic carbocycles. The molecule has 0 N–H and O–H groups in total. The summed E-state index contributed by atoms with van der Waals surface area (Å²) in [6.45, 7) is 27.0.